The molecule has 0 aliphatic heterocycles. The highest BCUT2D eigenvalue weighted by Gasteiger charge is 2.08. The van der Waals surface area contributed by atoms with E-state index in [1.807, 2.05) is 30.7 Å². The average Bonchev–Trinajstić information content (AvgIpc) is 2.77. The number of aromatic nitrogens is 2. The van der Waals surface area contributed by atoms with Gasteiger partial charge >= 0.3 is 0 Å². The van der Waals surface area contributed by atoms with Crippen LogP contribution in [0.15, 0.2) is 24.3 Å². The molecule has 2 aromatic rings. The monoisotopic (exact) mass is 259 g/mol. The van der Waals surface area contributed by atoms with Crippen LogP contribution in [0.5, 0.6) is 5.75 Å². The van der Waals surface area contributed by atoms with E-state index in [-0.39, 0.29) is 17.9 Å². The summed E-state index contributed by atoms with van der Waals surface area (Å²) in [5, 5.41) is 13.0. The zero-order valence-corrected chi connectivity index (χ0v) is 10.9. The maximum Gasteiger partial charge on any atom is 0.166 e. The molecule has 4 nitrogen and oxygen atoms in total. The Hall–Kier alpha value is -2.35. The van der Waals surface area contributed by atoms with Crippen LogP contribution in [0.1, 0.15) is 23.9 Å². The quantitative estimate of drug-likeness (QED) is 0.848. The maximum atomic E-state index is 13.6. The highest BCUT2D eigenvalue weighted by Crippen LogP contribution is 2.19. The van der Waals surface area contributed by atoms with Crippen molar-refractivity contribution in [3.63, 3.8) is 0 Å². The van der Waals surface area contributed by atoms with E-state index in [1.165, 1.54) is 12.1 Å². The molecule has 0 aliphatic rings. The number of hydrogen-bond acceptors (Lipinski definition) is 3. The smallest absolute Gasteiger partial charge is 0.166 e. The van der Waals surface area contributed by atoms with E-state index in [9.17, 15) is 4.39 Å². The molecule has 1 aromatic heterocycles. The van der Waals surface area contributed by atoms with Gasteiger partial charge in [-0.2, -0.15) is 10.4 Å². The van der Waals surface area contributed by atoms with Crippen LogP contribution in [0.25, 0.3) is 0 Å². The zero-order valence-electron chi connectivity index (χ0n) is 10.9. The SMILES string of the molecule is CCn1nc(C)cc1COc1ccc(C#N)cc1F. The molecule has 0 unspecified atom stereocenters. The molecule has 0 saturated carbocycles. The lowest BCUT2D eigenvalue weighted by atomic mass is 10.2. The van der Waals surface area contributed by atoms with Crippen LogP contribution in [0.3, 0.4) is 0 Å². The molecule has 2 rings (SSSR count). The van der Waals surface area contributed by atoms with Gasteiger partial charge in [-0.15, -0.1) is 0 Å². The Morgan fingerprint density at radius 1 is 1.42 bits per heavy atom. The Morgan fingerprint density at radius 3 is 2.84 bits per heavy atom. The Kier molecular flexibility index (Phi) is 3.81. The van der Waals surface area contributed by atoms with Crippen LogP contribution < -0.4 is 4.74 Å². The van der Waals surface area contributed by atoms with E-state index in [0.717, 1.165) is 24.0 Å². The fourth-order valence-corrected chi connectivity index (χ4v) is 1.83. The molecule has 98 valence electrons. The minimum Gasteiger partial charge on any atom is -0.484 e. The molecule has 0 radical (unpaired) electrons. The summed E-state index contributed by atoms with van der Waals surface area (Å²) < 4.78 is 20.9. The van der Waals surface area contributed by atoms with Gasteiger partial charge in [0.2, 0.25) is 0 Å². The topological polar surface area (TPSA) is 50.8 Å². The predicted molar refractivity (Wildman–Crippen MR) is 68.1 cm³/mol. The first-order valence-corrected chi connectivity index (χ1v) is 5.99. The molecule has 0 saturated heterocycles. The fraction of sp³-hybridized carbons (Fsp3) is 0.286. The molecule has 0 bridgehead atoms. The molecule has 0 amide bonds. The highest BCUT2D eigenvalue weighted by molar-refractivity contribution is 5.36. The van der Waals surface area contributed by atoms with Gasteiger partial charge in [0.05, 0.1) is 23.0 Å². The van der Waals surface area contributed by atoms with Gasteiger partial charge in [0.15, 0.2) is 11.6 Å². The second-order valence-corrected chi connectivity index (χ2v) is 4.14. The van der Waals surface area contributed by atoms with E-state index in [2.05, 4.69) is 5.10 Å². The average molecular weight is 259 g/mol. The second-order valence-electron chi connectivity index (χ2n) is 4.14. The molecule has 19 heavy (non-hydrogen) atoms. The summed E-state index contributed by atoms with van der Waals surface area (Å²) in [6.07, 6.45) is 0. The van der Waals surface area contributed by atoms with Gasteiger partial charge in [-0.3, -0.25) is 4.68 Å². The Labute approximate surface area is 111 Å². The van der Waals surface area contributed by atoms with E-state index in [0.29, 0.717) is 0 Å². The van der Waals surface area contributed by atoms with Gasteiger partial charge < -0.3 is 4.74 Å². The number of aryl methyl sites for hydroxylation is 2. The number of halogens is 1. The summed E-state index contributed by atoms with van der Waals surface area (Å²) >= 11 is 0. The number of benzene rings is 1. The summed E-state index contributed by atoms with van der Waals surface area (Å²) in [5.41, 5.74) is 2.07. The molecule has 1 heterocycles. The molecular formula is C14H14FN3O. The maximum absolute atomic E-state index is 13.6. The third-order valence-electron chi connectivity index (χ3n) is 2.72. The van der Waals surface area contributed by atoms with Crippen molar-refractivity contribution >= 4 is 0 Å². The van der Waals surface area contributed by atoms with Crippen LogP contribution in [0.4, 0.5) is 4.39 Å². The van der Waals surface area contributed by atoms with Crippen LogP contribution in [0, 0.1) is 24.1 Å². The third kappa shape index (κ3) is 2.91. The van der Waals surface area contributed by atoms with Gasteiger partial charge in [0, 0.05) is 6.54 Å². The first-order valence-electron chi connectivity index (χ1n) is 5.99. The second kappa shape index (κ2) is 5.53. The zero-order chi connectivity index (χ0) is 13.8. The summed E-state index contributed by atoms with van der Waals surface area (Å²) in [4.78, 5) is 0. The number of rotatable bonds is 4. The lowest BCUT2D eigenvalue weighted by Crippen LogP contribution is -2.06. The van der Waals surface area contributed by atoms with Crippen LogP contribution >= 0.6 is 0 Å². The number of hydrogen-bond donors (Lipinski definition) is 0. The minimum absolute atomic E-state index is 0.139. The van der Waals surface area contributed by atoms with E-state index in [1.54, 1.807) is 0 Å². The van der Waals surface area contributed by atoms with Crippen molar-refractivity contribution in [2.24, 2.45) is 0 Å². The normalized spacial score (nSPS) is 10.2. The minimum atomic E-state index is -0.529. The molecule has 0 aliphatic carbocycles. The van der Waals surface area contributed by atoms with Crippen molar-refractivity contribution < 1.29 is 9.13 Å². The van der Waals surface area contributed by atoms with Crippen molar-refractivity contribution in [2.45, 2.75) is 27.0 Å². The van der Waals surface area contributed by atoms with Gasteiger partial charge in [-0.1, -0.05) is 0 Å². The Balaban J connectivity index is 2.12. The molecule has 0 N–H and O–H groups in total. The van der Waals surface area contributed by atoms with E-state index in [4.69, 9.17) is 10.00 Å². The summed E-state index contributed by atoms with van der Waals surface area (Å²) in [6, 6.07) is 7.95. The first kappa shape index (κ1) is 13.1. The molecule has 5 heteroatoms. The van der Waals surface area contributed by atoms with Crippen molar-refractivity contribution in [1.82, 2.24) is 9.78 Å². The molecule has 0 atom stereocenters. The lowest BCUT2D eigenvalue weighted by Gasteiger charge is -2.08. The van der Waals surface area contributed by atoms with E-state index >= 15 is 0 Å². The fourth-order valence-electron chi connectivity index (χ4n) is 1.83. The first-order chi connectivity index (χ1) is 9.13. The summed E-state index contributed by atoms with van der Waals surface area (Å²) in [7, 11) is 0. The standard InChI is InChI=1S/C14H14FN3O/c1-3-18-12(6-10(2)17-18)9-19-14-5-4-11(8-16)7-13(14)15/h4-7H,3,9H2,1-2H3. The van der Waals surface area contributed by atoms with Crippen LogP contribution in [-0.4, -0.2) is 9.78 Å². The summed E-state index contributed by atoms with van der Waals surface area (Å²) in [6.45, 7) is 4.87. The molecule has 1 aromatic carbocycles. The number of nitriles is 1. The van der Waals surface area contributed by atoms with Gasteiger partial charge in [0.25, 0.3) is 0 Å². The van der Waals surface area contributed by atoms with Crippen LogP contribution in [0.2, 0.25) is 0 Å². The highest BCUT2D eigenvalue weighted by atomic mass is 19.1. The Morgan fingerprint density at radius 2 is 2.21 bits per heavy atom. The number of ether oxygens (including phenoxy) is 1. The van der Waals surface area contributed by atoms with Crippen molar-refractivity contribution in [2.75, 3.05) is 0 Å². The molecule has 0 fully saturated rings. The third-order valence-corrected chi connectivity index (χ3v) is 2.72. The lowest BCUT2D eigenvalue weighted by molar-refractivity contribution is 0.278. The summed E-state index contributed by atoms with van der Waals surface area (Å²) in [5.74, 6) is -0.390. The van der Waals surface area contributed by atoms with Crippen molar-refractivity contribution in [3.8, 4) is 11.8 Å². The van der Waals surface area contributed by atoms with Gasteiger partial charge in [-0.05, 0) is 38.1 Å². The molecule has 0 spiro atoms. The Bertz CT molecular complexity index is 628. The van der Waals surface area contributed by atoms with Crippen LogP contribution in [-0.2, 0) is 13.2 Å². The van der Waals surface area contributed by atoms with Gasteiger partial charge in [-0.25, -0.2) is 4.39 Å². The predicted octanol–water partition coefficient (Wildman–Crippen LogP) is 2.80. The largest absolute Gasteiger partial charge is 0.484 e. The molecular weight excluding hydrogens is 245 g/mol. The number of nitrogens with zero attached hydrogens (tertiary/aromatic N) is 3. The van der Waals surface area contributed by atoms with Gasteiger partial charge in [0.1, 0.15) is 6.61 Å². The van der Waals surface area contributed by atoms with Crippen molar-refractivity contribution in [3.05, 3.63) is 47.0 Å². The van der Waals surface area contributed by atoms with Crippen molar-refractivity contribution in [1.29, 1.82) is 5.26 Å². The van der Waals surface area contributed by atoms with E-state index < -0.39 is 5.82 Å².